The molecule has 0 spiro atoms. The van der Waals surface area contributed by atoms with Crippen molar-refractivity contribution in [3.63, 3.8) is 0 Å². The van der Waals surface area contributed by atoms with Crippen molar-refractivity contribution in [3.8, 4) is 6.57 Å². The third-order valence-electron chi connectivity index (χ3n) is 1.28. The molecule has 0 rings (SSSR count). The Hall–Kier alpha value is -0.590. The highest BCUT2D eigenvalue weighted by Gasteiger charge is 2.05. The maximum absolute atomic E-state index is 5.11. The first-order valence-corrected chi connectivity index (χ1v) is 3.49. The van der Waals surface area contributed by atoms with Crippen molar-refractivity contribution in [1.82, 2.24) is 0 Å². The topological polar surface area (TPSA) is 39.6 Å². The molecule has 0 saturated carbocycles. The first kappa shape index (κ1) is 9.41. The number of hydrogen-bond donors (Lipinski definition) is 1. The number of rotatable bonds is 5. The standard InChI is InChI=1S/C7H15N2O/c1-7(9-2)4-3-5-10-6-8/h2,7H,3-6,8H2,1H3/q+1. The van der Waals surface area contributed by atoms with Gasteiger partial charge in [-0.1, -0.05) is 4.85 Å². The predicted octanol–water partition coefficient (Wildman–Crippen LogP) is 1.05. The molecule has 3 nitrogen and oxygen atoms in total. The molecule has 0 aromatic carbocycles. The summed E-state index contributed by atoms with van der Waals surface area (Å²) in [5, 5.41) is 0. The van der Waals surface area contributed by atoms with Gasteiger partial charge >= 0.3 is 0 Å². The van der Waals surface area contributed by atoms with Gasteiger partial charge in [0.1, 0.15) is 0 Å². The molecule has 2 N–H and O–H groups in total. The fourth-order valence-electron chi connectivity index (χ4n) is 0.639. The molecule has 0 heterocycles. The lowest BCUT2D eigenvalue weighted by Gasteiger charge is -1.97. The van der Waals surface area contributed by atoms with Gasteiger partial charge < -0.3 is 10.5 Å². The molecule has 1 atom stereocenters. The van der Waals surface area contributed by atoms with E-state index >= 15 is 0 Å². The Balaban J connectivity index is 2.98. The normalized spacial score (nSPS) is 12.5. The van der Waals surface area contributed by atoms with E-state index in [-0.39, 0.29) is 6.04 Å². The molecule has 0 radical (unpaired) electrons. The maximum Gasteiger partial charge on any atom is 0.269 e. The fourth-order valence-corrected chi connectivity index (χ4v) is 0.639. The summed E-state index contributed by atoms with van der Waals surface area (Å²) >= 11 is 0. The molecule has 0 aliphatic rings. The van der Waals surface area contributed by atoms with E-state index in [9.17, 15) is 0 Å². The van der Waals surface area contributed by atoms with Crippen LogP contribution in [0, 0.1) is 6.57 Å². The van der Waals surface area contributed by atoms with Crippen molar-refractivity contribution in [2.45, 2.75) is 25.8 Å². The molecule has 0 saturated heterocycles. The van der Waals surface area contributed by atoms with Gasteiger partial charge in [-0.25, -0.2) is 0 Å². The fraction of sp³-hybridized carbons (Fsp3) is 0.857. The minimum absolute atomic E-state index is 0.237. The van der Waals surface area contributed by atoms with E-state index < -0.39 is 0 Å². The van der Waals surface area contributed by atoms with Gasteiger partial charge in [0.2, 0.25) is 0 Å². The van der Waals surface area contributed by atoms with E-state index in [1.54, 1.807) is 0 Å². The Morgan fingerprint density at radius 2 is 2.40 bits per heavy atom. The summed E-state index contributed by atoms with van der Waals surface area (Å²) in [7, 11) is 0. The van der Waals surface area contributed by atoms with Crippen molar-refractivity contribution in [3.05, 3.63) is 4.85 Å². The summed E-state index contributed by atoms with van der Waals surface area (Å²) in [6, 6.07) is 0.237. The minimum atomic E-state index is 0.237. The van der Waals surface area contributed by atoms with Crippen LogP contribution in [0.25, 0.3) is 4.85 Å². The van der Waals surface area contributed by atoms with Crippen LogP contribution in [0.4, 0.5) is 0 Å². The lowest BCUT2D eigenvalue weighted by Crippen LogP contribution is -2.06. The smallest absolute Gasteiger partial charge is 0.269 e. The summed E-state index contributed by atoms with van der Waals surface area (Å²) in [6.45, 7) is 8.03. The second-order valence-electron chi connectivity index (χ2n) is 2.22. The first-order valence-electron chi connectivity index (χ1n) is 3.49. The molecule has 0 aliphatic carbocycles. The average molecular weight is 143 g/mol. The Bertz CT molecular complexity index is 109. The zero-order valence-corrected chi connectivity index (χ0v) is 6.42. The average Bonchev–Trinajstić information content (AvgIpc) is 1.98. The van der Waals surface area contributed by atoms with Crippen molar-refractivity contribution < 1.29 is 4.74 Å². The van der Waals surface area contributed by atoms with Gasteiger partial charge in [0, 0.05) is 20.0 Å². The summed E-state index contributed by atoms with van der Waals surface area (Å²) in [4.78, 5) is 3.60. The molecule has 3 heteroatoms. The number of hydrogen-bond acceptors (Lipinski definition) is 2. The van der Waals surface area contributed by atoms with E-state index in [2.05, 4.69) is 4.85 Å². The van der Waals surface area contributed by atoms with Crippen LogP contribution in [0.5, 0.6) is 0 Å². The van der Waals surface area contributed by atoms with E-state index in [0.29, 0.717) is 13.3 Å². The van der Waals surface area contributed by atoms with Crippen LogP contribution in [-0.4, -0.2) is 19.4 Å². The molecular weight excluding hydrogens is 128 g/mol. The molecule has 0 fully saturated rings. The maximum atomic E-state index is 5.11. The van der Waals surface area contributed by atoms with Crippen LogP contribution in [0.15, 0.2) is 0 Å². The monoisotopic (exact) mass is 143 g/mol. The van der Waals surface area contributed by atoms with Gasteiger partial charge in [-0.05, 0) is 6.42 Å². The second kappa shape index (κ2) is 6.53. The Morgan fingerprint density at radius 3 is 2.90 bits per heavy atom. The zero-order chi connectivity index (χ0) is 7.82. The third kappa shape index (κ3) is 5.54. The number of nitrogens with two attached hydrogens (primary N) is 1. The van der Waals surface area contributed by atoms with Crippen molar-refractivity contribution in [2.75, 3.05) is 13.3 Å². The SMILES string of the molecule is C#[N+]C(C)CCCOCN. The van der Waals surface area contributed by atoms with Crippen LogP contribution in [0.3, 0.4) is 0 Å². The lowest BCUT2D eigenvalue weighted by molar-refractivity contribution is 0.136. The molecule has 0 aromatic heterocycles. The summed E-state index contributed by atoms with van der Waals surface area (Å²) in [5.41, 5.74) is 5.11. The summed E-state index contributed by atoms with van der Waals surface area (Å²) < 4.78 is 4.92. The third-order valence-corrected chi connectivity index (χ3v) is 1.28. The first-order chi connectivity index (χ1) is 4.81. The lowest BCUT2D eigenvalue weighted by atomic mass is 10.2. The van der Waals surface area contributed by atoms with Gasteiger partial charge in [-0.2, -0.15) is 0 Å². The largest absolute Gasteiger partial charge is 0.367 e. The number of nitrogens with zero attached hydrogens (tertiary/aromatic N) is 1. The highest BCUT2D eigenvalue weighted by Crippen LogP contribution is 1.99. The minimum Gasteiger partial charge on any atom is -0.367 e. The van der Waals surface area contributed by atoms with Gasteiger partial charge in [-0.15, -0.1) is 0 Å². The Morgan fingerprint density at radius 1 is 1.70 bits per heavy atom. The van der Waals surface area contributed by atoms with Crippen LogP contribution < -0.4 is 5.73 Å². The molecule has 0 bridgehead atoms. The Labute approximate surface area is 62.0 Å². The second-order valence-corrected chi connectivity index (χ2v) is 2.22. The van der Waals surface area contributed by atoms with Crippen molar-refractivity contribution in [1.29, 1.82) is 0 Å². The van der Waals surface area contributed by atoms with E-state index in [0.717, 1.165) is 12.8 Å². The molecule has 10 heavy (non-hydrogen) atoms. The zero-order valence-electron chi connectivity index (χ0n) is 6.42. The predicted molar refractivity (Wildman–Crippen MR) is 42.0 cm³/mol. The molecule has 0 amide bonds. The van der Waals surface area contributed by atoms with Gasteiger partial charge in [0.25, 0.3) is 12.6 Å². The highest BCUT2D eigenvalue weighted by molar-refractivity contribution is 4.76. The van der Waals surface area contributed by atoms with Crippen molar-refractivity contribution >= 4 is 0 Å². The van der Waals surface area contributed by atoms with Gasteiger partial charge in [0.05, 0.1) is 6.73 Å². The van der Waals surface area contributed by atoms with Crippen molar-refractivity contribution in [2.24, 2.45) is 5.73 Å². The van der Waals surface area contributed by atoms with Crippen LogP contribution in [0.1, 0.15) is 19.8 Å². The van der Waals surface area contributed by atoms with E-state index in [1.807, 2.05) is 6.92 Å². The van der Waals surface area contributed by atoms with E-state index in [1.165, 1.54) is 0 Å². The number of ether oxygens (including phenoxy) is 1. The highest BCUT2D eigenvalue weighted by atomic mass is 16.5. The molecule has 0 aromatic rings. The molecular formula is C7H15N2O+. The Kier molecular flexibility index (Phi) is 6.14. The van der Waals surface area contributed by atoms with E-state index in [4.69, 9.17) is 17.0 Å². The summed E-state index contributed by atoms with van der Waals surface area (Å²) in [6.07, 6.45) is 1.94. The molecule has 0 aliphatic heterocycles. The van der Waals surface area contributed by atoms with Gasteiger partial charge in [0.15, 0.2) is 0 Å². The quantitative estimate of drug-likeness (QED) is 0.461. The molecule has 1 unspecified atom stereocenters. The van der Waals surface area contributed by atoms with Crippen LogP contribution in [0.2, 0.25) is 0 Å². The summed E-state index contributed by atoms with van der Waals surface area (Å²) in [5.74, 6) is 0. The van der Waals surface area contributed by atoms with Crippen LogP contribution in [-0.2, 0) is 4.74 Å². The van der Waals surface area contributed by atoms with Gasteiger partial charge in [-0.3, -0.25) is 0 Å². The van der Waals surface area contributed by atoms with Crippen LogP contribution >= 0.6 is 0 Å². The molecule has 58 valence electrons.